The number of nitrogens with two attached hydrogens (primary N) is 1. The molecule has 0 amide bonds. The molecule has 0 aromatic rings. The summed E-state index contributed by atoms with van der Waals surface area (Å²) < 4.78 is 33.0. The molecule has 0 fully saturated rings. The average molecular weight is 1010 g/mol. The molecule has 71 heavy (non-hydrogen) atoms. The summed E-state index contributed by atoms with van der Waals surface area (Å²) in [4.78, 5) is 35.1. The lowest BCUT2D eigenvalue weighted by Crippen LogP contribution is -2.29. The van der Waals surface area contributed by atoms with Crippen LogP contribution in [-0.4, -0.2) is 49.3 Å². The quantitative estimate of drug-likeness (QED) is 0.0264. The normalized spacial score (nSPS) is 14.1. The van der Waals surface area contributed by atoms with Crippen molar-refractivity contribution in [1.82, 2.24) is 0 Å². The van der Waals surface area contributed by atoms with Crippen LogP contribution in [0.4, 0.5) is 0 Å². The maximum absolute atomic E-state index is 12.7. The van der Waals surface area contributed by atoms with Gasteiger partial charge < -0.3 is 20.1 Å². The Labute approximate surface area is 434 Å². The van der Waals surface area contributed by atoms with Crippen molar-refractivity contribution in [2.75, 3.05) is 26.4 Å². The van der Waals surface area contributed by atoms with E-state index in [1.807, 2.05) is 0 Å². The number of hydrogen-bond acceptors (Lipinski definition) is 8. The van der Waals surface area contributed by atoms with E-state index in [1.165, 1.54) is 44.9 Å². The van der Waals surface area contributed by atoms with Crippen molar-refractivity contribution in [1.29, 1.82) is 0 Å². The standard InChI is InChI=1S/C61H100NO8P/c1-3-5-7-9-11-13-15-17-19-21-22-23-24-25-26-27-28-29-30-31-32-33-34-35-36-38-40-42-44-46-48-50-52-54-61(64)70-59(58-69-71(65,66)68-56-55-62)57-67-60(63)53-51-49-47-45-43-41-39-37-20-18-16-14-12-10-8-6-4-2/h5-8,11-14,17-20,22-23,25-26,28-29,31-32,34-35,59H,3-4,9-10,15-16,21,24,27,30,33,36-58,62H2,1-2H3,(H,65,66)/b7-5-,8-6-,13-11-,14-12-,19-17-,20-18-,23-22-,26-25-,29-28-,32-31-,35-34-. The summed E-state index contributed by atoms with van der Waals surface area (Å²) in [6.07, 6.45) is 77.8. The first-order valence-corrected chi connectivity index (χ1v) is 29.2. The van der Waals surface area contributed by atoms with E-state index in [9.17, 15) is 19.0 Å². The van der Waals surface area contributed by atoms with Gasteiger partial charge in [-0.1, -0.05) is 218 Å². The molecule has 402 valence electrons. The fourth-order valence-corrected chi connectivity index (χ4v) is 7.78. The maximum Gasteiger partial charge on any atom is 0.472 e. The second-order valence-electron chi connectivity index (χ2n) is 17.7. The number of phosphoric acid groups is 1. The predicted molar refractivity (Wildman–Crippen MR) is 302 cm³/mol. The molecule has 10 heteroatoms. The van der Waals surface area contributed by atoms with E-state index in [0.717, 1.165) is 122 Å². The van der Waals surface area contributed by atoms with Crippen LogP contribution in [0.2, 0.25) is 0 Å². The van der Waals surface area contributed by atoms with Gasteiger partial charge in [0, 0.05) is 19.4 Å². The molecule has 0 radical (unpaired) electrons. The molecule has 0 aliphatic carbocycles. The number of rotatable bonds is 50. The third kappa shape index (κ3) is 55.3. The highest BCUT2D eigenvalue weighted by atomic mass is 31.2. The van der Waals surface area contributed by atoms with E-state index >= 15 is 0 Å². The van der Waals surface area contributed by atoms with Crippen LogP contribution in [0.3, 0.4) is 0 Å². The Hall–Kier alpha value is -3.85. The van der Waals surface area contributed by atoms with Crippen LogP contribution in [0.5, 0.6) is 0 Å². The first-order chi connectivity index (χ1) is 34.8. The van der Waals surface area contributed by atoms with E-state index in [0.29, 0.717) is 12.8 Å². The van der Waals surface area contributed by atoms with Gasteiger partial charge in [-0.05, 0) is 109 Å². The van der Waals surface area contributed by atoms with Crippen molar-refractivity contribution >= 4 is 19.8 Å². The molecule has 0 aliphatic heterocycles. The van der Waals surface area contributed by atoms with Crippen LogP contribution < -0.4 is 5.73 Å². The Morgan fingerprint density at radius 1 is 0.423 bits per heavy atom. The van der Waals surface area contributed by atoms with Gasteiger partial charge in [-0.25, -0.2) is 4.57 Å². The van der Waals surface area contributed by atoms with Gasteiger partial charge in [0.05, 0.1) is 13.2 Å². The summed E-state index contributed by atoms with van der Waals surface area (Å²) in [5.74, 6) is -0.859. The predicted octanol–water partition coefficient (Wildman–Crippen LogP) is 17.4. The second-order valence-corrected chi connectivity index (χ2v) is 19.1. The average Bonchev–Trinajstić information content (AvgIpc) is 3.36. The molecule has 9 nitrogen and oxygen atoms in total. The molecule has 0 spiro atoms. The van der Waals surface area contributed by atoms with Crippen molar-refractivity contribution in [2.45, 2.75) is 213 Å². The lowest BCUT2D eigenvalue weighted by molar-refractivity contribution is -0.161. The van der Waals surface area contributed by atoms with Gasteiger partial charge in [0.25, 0.3) is 0 Å². The summed E-state index contributed by atoms with van der Waals surface area (Å²) in [6.45, 7) is 3.48. The molecular weight excluding hydrogens is 906 g/mol. The first kappa shape index (κ1) is 67.1. The van der Waals surface area contributed by atoms with Crippen LogP contribution in [0.1, 0.15) is 206 Å². The smallest absolute Gasteiger partial charge is 0.462 e. The SMILES string of the molecule is CC/C=C\C/C=C\C/C=C\C/C=C\C/C=C\C/C=C\C/C=C\C/C=C\CCCCCCCCCCC(=O)OC(COC(=O)CCCCCCCCC/C=C\C/C=C\C/C=C\CC)COP(=O)(O)OCCN. The Balaban J connectivity index is 4.06. The highest BCUT2D eigenvalue weighted by Gasteiger charge is 2.26. The lowest BCUT2D eigenvalue weighted by atomic mass is 10.1. The second kappa shape index (κ2) is 55.5. The van der Waals surface area contributed by atoms with E-state index in [4.69, 9.17) is 24.3 Å². The molecule has 0 aromatic carbocycles. The fraction of sp³-hybridized carbons (Fsp3) is 0.607. The number of hydrogen-bond donors (Lipinski definition) is 2. The topological polar surface area (TPSA) is 134 Å². The minimum absolute atomic E-state index is 0.0432. The van der Waals surface area contributed by atoms with Crippen molar-refractivity contribution in [2.24, 2.45) is 5.73 Å². The highest BCUT2D eigenvalue weighted by Crippen LogP contribution is 2.43. The highest BCUT2D eigenvalue weighted by molar-refractivity contribution is 7.47. The number of esters is 2. The van der Waals surface area contributed by atoms with Gasteiger partial charge in [-0.2, -0.15) is 0 Å². The van der Waals surface area contributed by atoms with Gasteiger partial charge in [-0.15, -0.1) is 0 Å². The minimum atomic E-state index is -4.40. The van der Waals surface area contributed by atoms with Crippen molar-refractivity contribution < 1.29 is 37.6 Å². The zero-order valence-corrected chi connectivity index (χ0v) is 45.5. The third-order valence-electron chi connectivity index (χ3n) is 11.0. The summed E-state index contributed by atoms with van der Waals surface area (Å²) in [7, 11) is -4.40. The molecule has 0 saturated heterocycles. The molecule has 0 aromatic heterocycles. The zero-order chi connectivity index (χ0) is 51.7. The van der Waals surface area contributed by atoms with Crippen LogP contribution in [0, 0.1) is 0 Å². The van der Waals surface area contributed by atoms with Crippen molar-refractivity contribution in [3.05, 3.63) is 134 Å². The third-order valence-corrected chi connectivity index (χ3v) is 12.0. The summed E-state index contributed by atoms with van der Waals surface area (Å²) in [6, 6.07) is 0. The number of unbranched alkanes of at least 4 members (excludes halogenated alkanes) is 15. The number of carbonyl (C=O) groups excluding carboxylic acids is 2. The van der Waals surface area contributed by atoms with Crippen LogP contribution in [-0.2, 0) is 32.7 Å². The number of allylic oxidation sites excluding steroid dienone is 22. The lowest BCUT2D eigenvalue weighted by Gasteiger charge is -2.19. The maximum atomic E-state index is 12.7. The fourth-order valence-electron chi connectivity index (χ4n) is 7.02. The van der Waals surface area contributed by atoms with Gasteiger partial charge >= 0.3 is 19.8 Å². The largest absolute Gasteiger partial charge is 0.472 e. The summed E-state index contributed by atoms with van der Waals surface area (Å²) in [5.41, 5.74) is 5.37. The Kier molecular flexibility index (Phi) is 52.5. The van der Waals surface area contributed by atoms with E-state index < -0.39 is 32.5 Å². The minimum Gasteiger partial charge on any atom is -0.462 e. The Morgan fingerprint density at radius 3 is 1.08 bits per heavy atom. The first-order valence-electron chi connectivity index (χ1n) is 27.7. The van der Waals surface area contributed by atoms with Gasteiger partial charge in [0.2, 0.25) is 0 Å². The monoisotopic (exact) mass is 1010 g/mol. The Bertz CT molecular complexity index is 1620. The van der Waals surface area contributed by atoms with Crippen molar-refractivity contribution in [3.8, 4) is 0 Å². The molecule has 2 unspecified atom stereocenters. The van der Waals surface area contributed by atoms with Crippen LogP contribution >= 0.6 is 7.82 Å². The Morgan fingerprint density at radius 2 is 0.732 bits per heavy atom. The number of ether oxygens (including phenoxy) is 2. The van der Waals surface area contributed by atoms with Gasteiger partial charge in [-0.3, -0.25) is 18.6 Å². The van der Waals surface area contributed by atoms with E-state index in [1.54, 1.807) is 0 Å². The molecular formula is C61H100NO8P. The van der Waals surface area contributed by atoms with Crippen molar-refractivity contribution in [3.63, 3.8) is 0 Å². The molecule has 0 heterocycles. The molecule has 0 bridgehead atoms. The zero-order valence-electron chi connectivity index (χ0n) is 44.7. The molecule has 3 N–H and O–H groups in total. The summed E-state index contributed by atoms with van der Waals surface area (Å²) in [5, 5.41) is 0. The molecule has 2 atom stereocenters. The molecule has 0 rings (SSSR count). The van der Waals surface area contributed by atoms with E-state index in [-0.39, 0.29) is 32.6 Å². The number of carbonyl (C=O) groups is 2. The molecule has 0 aliphatic rings. The van der Waals surface area contributed by atoms with Crippen LogP contribution in [0.25, 0.3) is 0 Å². The van der Waals surface area contributed by atoms with Gasteiger partial charge in [0.15, 0.2) is 6.10 Å². The van der Waals surface area contributed by atoms with Gasteiger partial charge in [0.1, 0.15) is 6.61 Å². The summed E-state index contributed by atoms with van der Waals surface area (Å²) >= 11 is 0. The van der Waals surface area contributed by atoms with E-state index in [2.05, 4.69) is 148 Å². The molecule has 0 saturated carbocycles. The number of phosphoric ester groups is 1. The van der Waals surface area contributed by atoms with Crippen LogP contribution in [0.15, 0.2) is 134 Å².